The largest absolute Gasteiger partial charge is 0.396 e. The predicted molar refractivity (Wildman–Crippen MR) is 58.5 cm³/mol. The van der Waals surface area contributed by atoms with E-state index in [1.165, 1.54) is 18.1 Å². The summed E-state index contributed by atoms with van der Waals surface area (Å²) in [5.41, 5.74) is 7.63. The van der Waals surface area contributed by atoms with Gasteiger partial charge in [-0.3, -0.25) is 0 Å². The maximum atomic E-state index is 5.91. The Hall–Kier alpha value is -1.56. The van der Waals surface area contributed by atoms with Gasteiger partial charge in [0.15, 0.2) is 5.16 Å². The molecular formula is C9H11N5S. The van der Waals surface area contributed by atoms with Gasteiger partial charge in [0, 0.05) is 13.2 Å². The van der Waals surface area contributed by atoms with Crippen molar-refractivity contribution in [2.75, 3.05) is 5.73 Å². The lowest BCUT2D eigenvalue weighted by Crippen LogP contribution is -1.97. The lowest BCUT2D eigenvalue weighted by molar-refractivity contribution is 0.684. The first kappa shape index (κ1) is 9.97. The van der Waals surface area contributed by atoms with E-state index in [2.05, 4.69) is 15.1 Å². The molecule has 0 radical (unpaired) electrons. The summed E-state index contributed by atoms with van der Waals surface area (Å²) in [6, 6.07) is 1.88. The van der Waals surface area contributed by atoms with Gasteiger partial charge in [0.2, 0.25) is 0 Å². The number of aromatic nitrogens is 4. The first-order valence-electron chi connectivity index (χ1n) is 4.41. The summed E-state index contributed by atoms with van der Waals surface area (Å²) in [6.07, 6.45) is 3.25. The van der Waals surface area contributed by atoms with Crippen LogP contribution in [-0.4, -0.2) is 19.7 Å². The fourth-order valence-corrected chi connectivity index (χ4v) is 1.93. The third kappa shape index (κ3) is 1.94. The van der Waals surface area contributed by atoms with Crippen molar-refractivity contribution in [1.29, 1.82) is 0 Å². The zero-order valence-electron chi connectivity index (χ0n) is 8.51. The topological polar surface area (TPSA) is 69.6 Å². The summed E-state index contributed by atoms with van der Waals surface area (Å²) in [6.45, 7) is 1.96. The minimum Gasteiger partial charge on any atom is -0.396 e. The van der Waals surface area contributed by atoms with E-state index in [4.69, 9.17) is 5.73 Å². The Bertz CT molecular complexity index is 479. The van der Waals surface area contributed by atoms with Crippen molar-refractivity contribution in [1.82, 2.24) is 19.7 Å². The second-order valence-corrected chi connectivity index (χ2v) is 4.07. The molecular weight excluding hydrogens is 210 g/mol. The SMILES string of the molecule is Cc1ccnc(Sc2ncnn2C)c1N. The van der Waals surface area contributed by atoms with E-state index in [1.54, 1.807) is 10.9 Å². The van der Waals surface area contributed by atoms with Gasteiger partial charge in [0.1, 0.15) is 11.4 Å². The molecule has 0 aliphatic rings. The van der Waals surface area contributed by atoms with Crippen LogP contribution in [0.2, 0.25) is 0 Å². The molecule has 0 fully saturated rings. The van der Waals surface area contributed by atoms with Crippen LogP contribution in [0.25, 0.3) is 0 Å². The minimum absolute atomic E-state index is 0.700. The Kier molecular flexibility index (Phi) is 2.59. The molecule has 0 spiro atoms. The Morgan fingerprint density at radius 1 is 1.40 bits per heavy atom. The Labute approximate surface area is 91.7 Å². The second-order valence-electron chi connectivity index (χ2n) is 3.11. The summed E-state index contributed by atoms with van der Waals surface area (Å²) in [7, 11) is 1.83. The van der Waals surface area contributed by atoms with Crippen LogP contribution in [-0.2, 0) is 7.05 Å². The van der Waals surface area contributed by atoms with E-state index >= 15 is 0 Å². The molecule has 5 nitrogen and oxygen atoms in total. The third-order valence-corrected chi connectivity index (χ3v) is 3.10. The molecule has 0 amide bonds. The quantitative estimate of drug-likeness (QED) is 0.826. The maximum absolute atomic E-state index is 5.91. The van der Waals surface area contributed by atoms with Crippen LogP contribution >= 0.6 is 11.8 Å². The van der Waals surface area contributed by atoms with Crippen molar-refractivity contribution in [3.05, 3.63) is 24.2 Å². The van der Waals surface area contributed by atoms with Crippen molar-refractivity contribution in [2.45, 2.75) is 17.1 Å². The summed E-state index contributed by atoms with van der Waals surface area (Å²) in [5.74, 6) is 0. The first-order valence-corrected chi connectivity index (χ1v) is 5.23. The number of nitrogens with zero attached hydrogens (tertiary/aromatic N) is 4. The normalized spacial score (nSPS) is 10.5. The number of pyridine rings is 1. The van der Waals surface area contributed by atoms with Gasteiger partial charge in [-0.25, -0.2) is 14.6 Å². The van der Waals surface area contributed by atoms with Gasteiger partial charge in [-0.1, -0.05) is 0 Å². The molecule has 0 aliphatic carbocycles. The highest BCUT2D eigenvalue weighted by Gasteiger charge is 2.08. The van der Waals surface area contributed by atoms with Gasteiger partial charge in [-0.2, -0.15) is 5.10 Å². The average Bonchev–Trinajstić information content (AvgIpc) is 2.60. The zero-order chi connectivity index (χ0) is 10.8. The molecule has 0 unspecified atom stereocenters. The molecule has 2 rings (SSSR count). The zero-order valence-corrected chi connectivity index (χ0v) is 9.32. The summed E-state index contributed by atoms with van der Waals surface area (Å²) in [4.78, 5) is 8.31. The lowest BCUT2D eigenvalue weighted by atomic mass is 10.3. The smallest absolute Gasteiger partial charge is 0.192 e. The molecule has 0 aromatic carbocycles. The molecule has 2 aromatic rings. The number of hydrogen-bond donors (Lipinski definition) is 1. The summed E-state index contributed by atoms with van der Waals surface area (Å²) in [5, 5.41) is 5.53. The number of anilines is 1. The number of nitrogen functional groups attached to an aromatic ring is 1. The van der Waals surface area contributed by atoms with Crippen LogP contribution in [0, 0.1) is 6.92 Å². The molecule has 78 valence electrons. The molecule has 0 bridgehead atoms. The molecule has 0 atom stereocenters. The monoisotopic (exact) mass is 221 g/mol. The summed E-state index contributed by atoms with van der Waals surface area (Å²) >= 11 is 1.41. The fourth-order valence-electron chi connectivity index (χ4n) is 1.09. The van der Waals surface area contributed by atoms with Crippen molar-refractivity contribution in [3.63, 3.8) is 0 Å². The van der Waals surface area contributed by atoms with Crippen LogP contribution in [0.5, 0.6) is 0 Å². The number of nitrogens with two attached hydrogens (primary N) is 1. The molecule has 0 saturated heterocycles. The van der Waals surface area contributed by atoms with Crippen LogP contribution in [0.1, 0.15) is 5.56 Å². The average molecular weight is 221 g/mol. The third-order valence-electron chi connectivity index (χ3n) is 2.03. The fraction of sp³-hybridized carbons (Fsp3) is 0.222. The van der Waals surface area contributed by atoms with Crippen LogP contribution < -0.4 is 5.73 Å². The van der Waals surface area contributed by atoms with Gasteiger partial charge >= 0.3 is 0 Å². The number of rotatable bonds is 2. The van der Waals surface area contributed by atoms with Crippen molar-refractivity contribution >= 4 is 17.4 Å². The van der Waals surface area contributed by atoms with Crippen LogP contribution in [0.3, 0.4) is 0 Å². The van der Waals surface area contributed by atoms with E-state index in [9.17, 15) is 0 Å². The van der Waals surface area contributed by atoms with Gasteiger partial charge in [-0.05, 0) is 30.3 Å². The van der Waals surface area contributed by atoms with Gasteiger partial charge < -0.3 is 5.73 Å². The summed E-state index contributed by atoms with van der Waals surface area (Å²) < 4.78 is 1.69. The molecule has 2 N–H and O–H groups in total. The van der Waals surface area contributed by atoms with Crippen molar-refractivity contribution in [3.8, 4) is 0 Å². The highest BCUT2D eigenvalue weighted by molar-refractivity contribution is 7.99. The second kappa shape index (κ2) is 3.90. The standard InChI is InChI=1S/C9H11N5S/c1-6-3-4-11-8(7(6)10)15-9-12-5-13-14(9)2/h3-5H,10H2,1-2H3. The Morgan fingerprint density at radius 2 is 2.20 bits per heavy atom. The minimum atomic E-state index is 0.700. The van der Waals surface area contributed by atoms with E-state index in [0.717, 1.165) is 15.7 Å². The molecule has 0 saturated carbocycles. The highest BCUT2D eigenvalue weighted by Crippen LogP contribution is 2.29. The maximum Gasteiger partial charge on any atom is 0.192 e. The van der Waals surface area contributed by atoms with Gasteiger partial charge in [-0.15, -0.1) is 0 Å². The highest BCUT2D eigenvalue weighted by atomic mass is 32.2. The van der Waals surface area contributed by atoms with Gasteiger partial charge in [0.25, 0.3) is 0 Å². The molecule has 2 heterocycles. The molecule has 6 heteroatoms. The van der Waals surface area contributed by atoms with E-state index < -0.39 is 0 Å². The van der Waals surface area contributed by atoms with E-state index in [1.807, 2.05) is 20.0 Å². The number of hydrogen-bond acceptors (Lipinski definition) is 5. The van der Waals surface area contributed by atoms with Crippen molar-refractivity contribution in [2.24, 2.45) is 7.05 Å². The van der Waals surface area contributed by atoms with Crippen molar-refractivity contribution < 1.29 is 0 Å². The van der Waals surface area contributed by atoms with Gasteiger partial charge in [0.05, 0.1) is 5.69 Å². The van der Waals surface area contributed by atoms with E-state index in [-0.39, 0.29) is 0 Å². The predicted octanol–water partition coefficient (Wildman–Crippen LogP) is 1.25. The van der Waals surface area contributed by atoms with Crippen LogP contribution in [0.15, 0.2) is 28.8 Å². The lowest BCUT2D eigenvalue weighted by Gasteiger charge is -2.05. The Balaban J connectivity index is 2.33. The molecule has 0 aliphatic heterocycles. The first-order chi connectivity index (χ1) is 7.18. The molecule has 2 aromatic heterocycles. The molecule has 15 heavy (non-hydrogen) atoms. The number of aryl methyl sites for hydroxylation is 2. The van der Waals surface area contributed by atoms with E-state index in [0.29, 0.717) is 5.69 Å². The Morgan fingerprint density at radius 3 is 2.87 bits per heavy atom. The van der Waals surface area contributed by atoms with Crippen LogP contribution in [0.4, 0.5) is 5.69 Å².